The number of fused-ring (bicyclic) bond motifs is 1. The second-order valence-electron chi connectivity index (χ2n) is 5.83. The Labute approximate surface area is 148 Å². The minimum absolute atomic E-state index is 0.0847. The topological polar surface area (TPSA) is 50.3 Å². The first-order valence-electron chi connectivity index (χ1n) is 7.93. The molecule has 0 spiro atoms. The fraction of sp³-hybridized carbons (Fsp3) is 0.278. The molecule has 2 aromatic rings. The van der Waals surface area contributed by atoms with E-state index in [1.165, 1.54) is 16.7 Å². The van der Waals surface area contributed by atoms with Crippen LogP contribution in [-0.2, 0) is 9.59 Å². The van der Waals surface area contributed by atoms with E-state index in [4.69, 9.17) is 0 Å². The minimum Gasteiger partial charge on any atom is -0.277 e. The lowest BCUT2D eigenvalue weighted by Gasteiger charge is -2.16. The van der Waals surface area contributed by atoms with Crippen molar-refractivity contribution in [2.24, 2.45) is 0 Å². The number of aromatic nitrogens is 1. The Bertz CT molecular complexity index is 836. The van der Waals surface area contributed by atoms with Gasteiger partial charge < -0.3 is 0 Å². The molecule has 2 amide bonds. The van der Waals surface area contributed by atoms with Crippen molar-refractivity contribution in [3.63, 3.8) is 0 Å². The van der Waals surface area contributed by atoms with Crippen molar-refractivity contribution in [1.29, 1.82) is 0 Å². The highest BCUT2D eigenvalue weighted by Crippen LogP contribution is 2.36. The van der Waals surface area contributed by atoms with Gasteiger partial charge in [0.2, 0.25) is 11.8 Å². The lowest BCUT2D eigenvalue weighted by molar-refractivity contribution is -0.137. The number of benzene rings is 1. The lowest BCUT2D eigenvalue weighted by atomic mass is 10.1. The maximum atomic E-state index is 12.6. The summed E-state index contributed by atoms with van der Waals surface area (Å²) >= 11 is 2.98. The molecule has 24 heavy (non-hydrogen) atoms. The number of carbonyl (C=O) groups excluding carboxylic acids is 2. The average molecular weight is 356 g/mol. The highest BCUT2D eigenvalue weighted by molar-refractivity contribution is 8.02. The largest absolute Gasteiger partial charge is 0.277 e. The van der Waals surface area contributed by atoms with E-state index in [0.717, 1.165) is 33.0 Å². The summed E-state index contributed by atoms with van der Waals surface area (Å²) in [7, 11) is 0. The van der Waals surface area contributed by atoms with Crippen LogP contribution in [0.3, 0.4) is 0 Å². The van der Waals surface area contributed by atoms with Crippen LogP contribution < -0.4 is 0 Å². The minimum atomic E-state index is -0.355. The van der Waals surface area contributed by atoms with Gasteiger partial charge in [0.1, 0.15) is 0 Å². The predicted octanol–water partition coefficient (Wildman–Crippen LogP) is 3.79. The number of allylic oxidation sites excluding steroid dienone is 2. The van der Waals surface area contributed by atoms with Crippen molar-refractivity contribution in [3.8, 4) is 0 Å². The van der Waals surface area contributed by atoms with Crippen LogP contribution >= 0.6 is 23.1 Å². The molecule has 4 rings (SSSR count). The number of rotatable bonds is 4. The zero-order chi connectivity index (χ0) is 16.5. The predicted molar refractivity (Wildman–Crippen MR) is 97.1 cm³/mol. The van der Waals surface area contributed by atoms with Crippen molar-refractivity contribution >= 4 is 45.1 Å². The molecular weight excluding hydrogens is 340 g/mol. The summed E-state index contributed by atoms with van der Waals surface area (Å²) in [4.78, 5) is 30.8. The lowest BCUT2D eigenvalue weighted by Crippen LogP contribution is -2.33. The number of imide groups is 1. The zero-order valence-electron chi connectivity index (χ0n) is 13.0. The average Bonchev–Trinajstić information content (AvgIpc) is 3.12. The third-order valence-electron chi connectivity index (χ3n) is 4.13. The van der Waals surface area contributed by atoms with Gasteiger partial charge in [0.05, 0.1) is 22.0 Å². The van der Waals surface area contributed by atoms with E-state index in [0.29, 0.717) is 6.54 Å². The van der Waals surface area contributed by atoms with E-state index >= 15 is 0 Å². The van der Waals surface area contributed by atoms with Gasteiger partial charge in [-0.25, -0.2) is 4.98 Å². The number of thiazole rings is 1. The summed E-state index contributed by atoms with van der Waals surface area (Å²) < 4.78 is 1.95. The van der Waals surface area contributed by atoms with E-state index in [-0.39, 0.29) is 23.5 Å². The van der Waals surface area contributed by atoms with E-state index in [1.807, 2.05) is 30.3 Å². The van der Waals surface area contributed by atoms with Crippen molar-refractivity contribution in [3.05, 3.63) is 48.1 Å². The molecule has 0 saturated carbocycles. The van der Waals surface area contributed by atoms with Crippen molar-refractivity contribution in [2.75, 3.05) is 6.54 Å². The molecule has 1 aromatic heterocycles. The summed E-state index contributed by atoms with van der Waals surface area (Å²) in [5, 5.41) is -0.355. The number of carbonyl (C=O) groups is 2. The second kappa shape index (κ2) is 6.53. The van der Waals surface area contributed by atoms with Gasteiger partial charge in [-0.2, -0.15) is 0 Å². The van der Waals surface area contributed by atoms with Gasteiger partial charge in [0, 0.05) is 6.42 Å². The molecule has 1 aliphatic heterocycles. The Morgan fingerprint density at radius 2 is 2.12 bits per heavy atom. The van der Waals surface area contributed by atoms with Crippen molar-refractivity contribution in [1.82, 2.24) is 9.88 Å². The molecule has 1 atom stereocenters. The molecule has 1 unspecified atom stereocenters. The Morgan fingerprint density at radius 3 is 2.92 bits per heavy atom. The number of hydrogen-bond donors (Lipinski definition) is 0. The van der Waals surface area contributed by atoms with E-state index < -0.39 is 0 Å². The smallest absolute Gasteiger partial charge is 0.243 e. The molecule has 6 heteroatoms. The molecule has 1 aliphatic carbocycles. The highest BCUT2D eigenvalue weighted by Gasteiger charge is 2.39. The standard InChI is InChI=1S/C18H16N2O2S2/c21-16-10-15(17(22)20(16)11-12-6-2-1-3-7-12)24-18-19-13-8-4-5-9-14(13)23-18/h2,4-9,15H,1,3,10-11H2. The Kier molecular flexibility index (Phi) is 4.24. The van der Waals surface area contributed by atoms with Crippen LogP contribution in [0.15, 0.2) is 52.4 Å². The molecule has 4 nitrogen and oxygen atoms in total. The van der Waals surface area contributed by atoms with Crippen molar-refractivity contribution in [2.45, 2.75) is 28.9 Å². The van der Waals surface area contributed by atoms with E-state index in [9.17, 15) is 9.59 Å². The van der Waals surface area contributed by atoms with Crippen LogP contribution in [0.5, 0.6) is 0 Å². The van der Waals surface area contributed by atoms with Crippen molar-refractivity contribution < 1.29 is 9.59 Å². The van der Waals surface area contributed by atoms with Crippen LogP contribution in [0.2, 0.25) is 0 Å². The third-order valence-corrected chi connectivity index (χ3v) is 6.45. The maximum Gasteiger partial charge on any atom is 0.243 e. The number of likely N-dealkylation sites (tertiary alicyclic amines) is 1. The summed E-state index contributed by atoms with van der Waals surface area (Å²) in [6, 6.07) is 7.92. The fourth-order valence-electron chi connectivity index (χ4n) is 2.90. The number of amides is 2. The van der Waals surface area contributed by atoms with Gasteiger partial charge in [0.15, 0.2) is 4.34 Å². The van der Waals surface area contributed by atoms with Crippen LogP contribution in [0.1, 0.15) is 19.3 Å². The van der Waals surface area contributed by atoms with Crippen LogP contribution in [0.25, 0.3) is 10.2 Å². The third kappa shape index (κ3) is 3.03. The van der Waals surface area contributed by atoms with Crippen LogP contribution in [0.4, 0.5) is 0 Å². The molecule has 1 aromatic carbocycles. The number of para-hydroxylation sites is 1. The first-order valence-corrected chi connectivity index (χ1v) is 9.62. The Balaban J connectivity index is 1.48. The Morgan fingerprint density at radius 1 is 1.25 bits per heavy atom. The molecule has 1 fully saturated rings. The highest BCUT2D eigenvalue weighted by atomic mass is 32.2. The van der Waals surface area contributed by atoms with Gasteiger partial charge in [-0.05, 0) is 30.5 Å². The monoisotopic (exact) mass is 356 g/mol. The molecule has 0 N–H and O–H groups in total. The molecule has 1 saturated heterocycles. The van der Waals surface area contributed by atoms with E-state index in [2.05, 4.69) is 17.1 Å². The maximum absolute atomic E-state index is 12.6. The molecule has 0 radical (unpaired) electrons. The Hall–Kier alpha value is -1.92. The molecule has 122 valence electrons. The quantitative estimate of drug-likeness (QED) is 0.782. The van der Waals surface area contributed by atoms with Gasteiger partial charge in [-0.15, -0.1) is 11.3 Å². The van der Waals surface area contributed by atoms with Gasteiger partial charge in [-0.3, -0.25) is 14.5 Å². The first-order chi connectivity index (χ1) is 11.7. The normalized spacial score (nSPS) is 20.9. The summed E-state index contributed by atoms with van der Waals surface area (Å²) in [5.41, 5.74) is 1.99. The number of hydrogen-bond acceptors (Lipinski definition) is 5. The molecule has 2 heterocycles. The van der Waals surface area contributed by atoms with Crippen LogP contribution in [-0.4, -0.2) is 33.5 Å². The summed E-state index contributed by atoms with van der Waals surface area (Å²) in [5.74, 6) is -0.178. The van der Waals surface area contributed by atoms with Crippen LogP contribution in [0, 0.1) is 0 Å². The fourth-order valence-corrected chi connectivity index (χ4v) is 5.26. The van der Waals surface area contributed by atoms with Gasteiger partial charge >= 0.3 is 0 Å². The number of thioether (sulfide) groups is 1. The SMILES string of the molecule is O=C1CC(Sc2nc3ccccc3s2)C(=O)N1CC1=CCCC=C1. The molecular formula is C18H16N2O2S2. The molecule has 2 aliphatic rings. The van der Waals surface area contributed by atoms with Gasteiger partial charge in [-0.1, -0.05) is 42.1 Å². The second-order valence-corrected chi connectivity index (χ2v) is 8.32. The molecule has 0 bridgehead atoms. The first kappa shape index (κ1) is 15.6. The van der Waals surface area contributed by atoms with Gasteiger partial charge in [0.25, 0.3) is 0 Å². The zero-order valence-corrected chi connectivity index (χ0v) is 14.6. The van der Waals surface area contributed by atoms with E-state index in [1.54, 1.807) is 11.3 Å². The summed E-state index contributed by atoms with van der Waals surface area (Å²) in [6.07, 6.45) is 8.48. The number of nitrogens with zero attached hydrogens (tertiary/aromatic N) is 2. The summed E-state index contributed by atoms with van der Waals surface area (Å²) in [6.45, 7) is 0.394.